The maximum atomic E-state index is 13.6. The van der Waals surface area contributed by atoms with Crippen LogP contribution in [0.2, 0.25) is 0 Å². The fourth-order valence-electron chi connectivity index (χ4n) is 4.07. The third kappa shape index (κ3) is 3.51. The first-order valence-corrected chi connectivity index (χ1v) is 10.7. The van der Waals surface area contributed by atoms with Crippen LogP contribution in [0.3, 0.4) is 0 Å². The van der Waals surface area contributed by atoms with Crippen LogP contribution in [-0.4, -0.2) is 50.4 Å². The van der Waals surface area contributed by atoms with Crippen LogP contribution < -0.4 is 19.6 Å². The number of hydrogen-bond donors (Lipinski definition) is 1. The molecule has 0 saturated heterocycles. The number of hydrogen-bond acceptors (Lipinski definition) is 7. The van der Waals surface area contributed by atoms with Crippen LogP contribution in [0.4, 0.5) is 0 Å². The van der Waals surface area contributed by atoms with Crippen molar-refractivity contribution in [1.29, 1.82) is 0 Å². The molecule has 0 spiro atoms. The van der Waals surface area contributed by atoms with E-state index >= 15 is 0 Å². The van der Waals surface area contributed by atoms with E-state index in [2.05, 4.69) is 15.9 Å². The lowest BCUT2D eigenvalue weighted by atomic mass is 9.97. The molecule has 2 aromatic carbocycles. The molecule has 1 aliphatic rings. The van der Waals surface area contributed by atoms with Gasteiger partial charge in [-0.1, -0.05) is 15.9 Å². The number of rotatable bonds is 7. The van der Waals surface area contributed by atoms with E-state index in [-0.39, 0.29) is 29.9 Å². The van der Waals surface area contributed by atoms with Gasteiger partial charge < -0.3 is 28.6 Å². The molecule has 9 heteroatoms. The molecule has 0 saturated carbocycles. The standard InChI is InChI=1S/C23H22BrNO7/c1-29-16-9-12(10-17(30-2)21(16)31-3)19-18-20(27)14-11-13(24)5-6-15(14)32-22(18)23(28)25(19)7-4-8-26/h5-6,9-11,19,26H,4,7-8H2,1-3H3. The number of amides is 1. The number of halogens is 1. The molecule has 1 amide bonds. The molecule has 0 fully saturated rings. The highest BCUT2D eigenvalue weighted by molar-refractivity contribution is 9.10. The fourth-order valence-corrected chi connectivity index (χ4v) is 4.43. The van der Waals surface area contributed by atoms with E-state index in [1.54, 1.807) is 30.3 Å². The van der Waals surface area contributed by atoms with Gasteiger partial charge in [-0.15, -0.1) is 0 Å². The van der Waals surface area contributed by atoms with Crippen molar-refractivity contribution in [2.45, 2.75) is 12.5 Å². The van der Waals surface area contributed by atoms with Crippen molar-refractivity contribution < 1.29 is 28.5 Å². The summed E-state index contributed by atoms with van der Waals surface area (Å²) in [6.07, 6.45) is 0.347. The number of ether oxygens (including phenoxy) is 3. The minimum atomic E-state index is -0.739. The Balaban J connectivity index is 2.00. The second kappa shape index (κ2) is 8.84. The minimum Gasteiger partial charge on any atom is -0.493 e. The number of nitrogens with zero attached hydrogens (tertiary/aromatic N) is 1. The predicted octanol–water partition coefficient (Wildman–Crippen LogP) is 3.51. The summed E-state index contributed by atoms with van der Waals surface area (Å²) in [7, 11) is 4.50. The first-order valence-electron chi connectivity index (χ1n) is 9.93. The summed E-state index contributed by atoms with van der Waals surface area (Å²) in [5, 5.41) is 9.74. The van der Waals surface area contributed by atoms with E-state index < -0.39 is 11.9 Å². The molecule has 4 rings (SSSR count). The first-order chi connectivity index (χ1) is 15.4. The molecule has 1 unspecified atom stereocenters. The van der Waals surface area contributed by atoms with Crippen LogP contribution in [0.25, 0.3) is 11.0 Å². The summed E-state index contributed by atoms with van der Waals surface area (Å²) >= 11 is 3.39. The van der Waals surface area contributed by atoms with Crippen LogP contribution in [0.5, 0.6) is 17.2 Å². The van der Waals surface area contributed by atoms with Gasteiger partial charge >= 0.3 is 0 Å². The predicted molar refractivity (Wildman–Crippen MR) is 121 cm³/mol. The quantitative estimate of drug-likeness (QED) is 0.526. The van der Waals surface area contributed by atoms with Gasteiger partial charge in [-0.2, -0.15) is 0 Å². The highest BCUT2D eigenvalue weighted by atomic mass is 79.9. The molecule has 32 heavy (non-hydrogen) atoms. The zero-order chi connectivity index (χ0) is 23.0. The third-order valence-electron chi connectivity index (χ3n) is 5.49. The van der Waals surface area contributed by atoms with Gasteiger partial charge in [-0.3, -0.25) is 9.59 Å². The Kier molecular flexibility index (Phi) is 6.12. The number of carbonyl (C=O) groups excluding carboxylic acids is 1. The molecule has 168 valence electrons. The normalized spacial score (nSPS) is 15.2. The zero-order valence-electron chi connectivity index (χ0n) is 17.8. The molecule has 1 N–H and O–H groups in total. The Labute approximate surface area is 192 Å². The molecular weight excluding hydrogens is 482 g/mol. The Bertz CT molecular complexity index is 1230. The molecule has 2 heterocycles. The van der Waals surface area contributed by atoms with Gasteiger partial charge in [-0.05, 0) is 42.3 Å². The van der Waals surface area contributed by atoms with Gasteiger partial charge in [0.15, 0.2) is 16.9 Å². The number of aliphatic hydroxyl groups is 1. The molecule has 1 atom stereocenters. The monoisotopic (exact) mass is 503 g/mol. The van der Waals surface area contributed by atoms with E-state index in [9.17, 15) is 14.7 Å². The maximum absolute atomic E-state index is 13.6. The van der Waals surface area contributed by atoms with Crippen LogP contribution >= 0.6 is 15.9 Å². The van der Waals surface area contributed by atoms with Crippen molar-refractivity contribution in [3.8, 4) is 17.2 Å². The fraction of sp³-hybridized carbons (Fsp3) is 0.304. The molecule has 8 nitrogen and oxygen atoms in total. The number of fused-ring (bicyclic) bond motifs is 2. The highest BCUT2D eigenvalue weighted by Gasteiger charge is 2.43. The number of carbonyl (C=O) groups is 1. The zero-order valence-corrected chi connectivity index (χ0v) is 19.4. The van der Waals surface area contributed by atoms with Gasteiger partial charge in [0.1, 0.15) is 5.58 Å². The van der Waals surface area contributed by atoms with Gasteiger partial charge in [-0.25, -0.2) is 0 Å². The lowest BCUT2D eigenvalue weighted by Gasteiger charge is -2.26. The number of aliphatic hydroxyl groups excluding tert-OH is 1. The molecule has 1 aromatic heterocycles. The SMILES string of the molecule is COc1cc(C2c3c(oc4ccc(Br)cc4c3=O)C(=O)N2CCCO)cc(OC)c1OC. The smallest absolute Gasteiger partial charge is 0.290 e. The van der Waals surface area contributed by atoms with Crippen molar-refractivity contribution in [2.75, 3.05) is 34.5 Å². The number of benzene rings is 2. The van der Waals surface area contributed by atoms with Crippen LogP contribution in [-0.2, 0) is 0 Å². The van der Waals surface area contributed by atoms with Crippen LogP contribution in [0.1, 0.15) is 34.1 Å². The van der Waals surface area contributed by atoms with Gasteiger partial charge in [0.05, 0.1) is 38.3 Å². The van der Waals surface area contributed by atoms with Gasteiger partial charge in [0.25, 0.3) is 5.91 Å². The van der Waals surface area contributed by atoms with E-state index in [0.717, 1.165) is 4.47 Å². The topological polar surface area (TPSA) is 98.4 Å². The molecule has 1 aliphatic heterocycles. The lowest BCUT2D eigenvalue weighted by molar-refractivity contribution is 0.0716. The van der Waals surface area contributed by atoms with E-state index in [1.807, 2.05) is 0 Å². The van der Waals surface area contributed by atoms with Crippen molar-refractivity contribution in [3.63, 3.8) is 0 Å². The van der Waals surface area contributed by atoms with E-state index in [4.69, 9.17) is 18.6 Å². The third-order valence-corrected chi connectivity index (χ3v) is 5.98. The van der Waals surface area contributed by atoms with Crippen molar-refractivity contribution in [3.05, 3.63) is 61.9 Å². The largest absolute Gasteiger partial charge is 0.493 e. The average Bonchev–Trinajstić information content (AvgIpc) is 3.08. The van der Waals surface area contributed by atoms with Crippen LogP contribution in [0, 0.1) is 0 Å². The molecule has 0 bridgehead atoms. The lowest BCUT2D eigenvalue weighted by Crippen LogP contribution is -2.31. The highest BCUT2D eigenvalue weighted by Crippen LogP contribution is 2.45. The Morgan fingerprint density at radius 2 is 1.75 bits per heavy atom. The first kappa shape index (κ1) is 22.2. The summed E-state index contributed by atoms with van der Waals surface area (Å²) in [4.78, 5) is 28.4. The molecular formula is C23H22BrNO7. The second-order valence-electron chi connectivity index (χ2n) is 7.25. The summed E-state index contributed by atoms with van der Waals surface area (Å²) in [6.45, 7) is 0.138. The molecule has 0 radical (unpaired) electrons. The maximum Gasteiger partial charge on any atom is 0.290 e. The molecule has 0 aliphatic carbocycles. The second-order valence-corrected chi connectivity index (χ2v) is 8.17. The Hall–Kier alpha value is -3.04. The summed E-state index contributed by atoms with van der Waals surface area (Å²) in [5.74, 6) is 0.797. The number of methoxy groups -OCH3 is 3. The van der Waals surface area contributed by atoms with Crippen molar-refractivity contribution in [1.82, 2.24) is 4.90 Å². The van der Waals surface area contributed by atoms with E-state index in [0.29, 0.717) is 40.2 Å². The minimum absolute atomic E-state index is 0.00140. The van der Waals surface area contributed by atoms with Crippen molar-refractivity contribution in [2.24, 2.45) is 0 Å². The summed E-state index contributed by atoms with van der Waals surface area (Å²) in [6, 6.07) is 7.76. The van der Waals surface area contributed by atoms with Gasteiger partial charge in [0.2, 0.25) is 11.5 Å². The van der Waals surface area contributed by atoms with Crippen LogP contribution in [0.15, 0.2) is 44.0 Å². The van der Waals surface area contributed by atoms with E-state index in [1.165, 1.54) is 26.2 Å². The van der Waals surface area contributed by atoms with Gasteiger partial charge in [0, 0.05) is 17.6 Å². The average molecular weight is 504 g/mol. The Morgan fingerprint density at radius 1 is 1.06 bits per heavy atom. The Morgan fingerprint density at radius 3 is 2.34 bits per heavy atom. The molecule has 3 aromatic rings. The summed E-state index contributed by atoms with van der Waals surface area (Å²) in [5.41, 5.74) is 0.887. The summed E-state index contributed by atoms with van der Waals surface area (Å²) < 4.78 is 23.0. The van der Waals surface area contributed by atoms with Crippen molar-refractivity contribution >= 4 is 32.8 Å².